The van der Waals surface area contributed by atoms with Gasteiger partial charge in [0, 0.05) is 0 Å². The van der Waals surface area contributed by atoms with Gasteiger partial charge >= 0.3 is 23.9 Å². The lowest BCUT2D eigenvalue weighted by molar-refractivity contribution is -0.175. The molecule has 0 saturated carbocycles. The van der Waals surface area contributed by atoms with Gasteiger partial charge in [-0.05, 0) is 24.3 Å². The predicted octanol–water partition coefficient (Wildman–Crippen LogP) is -1.35. The number of phenols is 6. The molecular formula is C21H20O16. The van der Waals surface area contributed by atoms with Gasteiger partial charge in [0.15, 0.2) is 34.5 Å². The summed E-state index contributed by atoms with van der Waals surface area (Å²) in [5.74, 6) is -12.6. The summed E-state index contributed by atoms with van der Waals surface area (Å²) in [6.07, 6.45) is -10.4. The largest absolute Gasteiger partial charge is 0.504 e. The summed E-state index contributed by atoms with van der Waals surface area (Å²) in [6, 6.07) is 2.39. The molecule has 0 unspecified atom stereocenters. The summed E-state index contributed by atoms with van der Waals surface area (Å²) in [6.45, 7) is 0. The van der Waals surface area contributed by atoms with Crippen molar-refractivity contribution in [1.82, 2.24) is 0 Å². The molecule has 16 heteroatoms. The highest BCUT2D eigenvalue weighted by Gasteiger charge is 2.44. The first-order valence-corrected chi connectivity index (χ1v) is 9.78. The molecule has 0 spiro atoms. The van der Waals surface area contributed by atoms with E-state index < -0.39 is 93.9 Å². The number of methoxy groups -OCH3 is 1. The van der Waals surface area contributed by atoms with Crippen molar-refractivity contribution in [2.45, 2.75) is 24.4 Å². The van der Waals surface area contributed by atoms with E-state index in [2.05, 4.69) is 9.47 Å². The molecule has 2 aromatic rings. The molecule has 0 heterocycles. The lowest BCUT2D eigenvalue weighted by Crippen LogP contribution is -2.53. The number of esters is 3. The number of rotatable bonds is 9. The highest BCUT2D eigenvalue weighted by Crippen LogP contribution is 2.36. The molecular weight excluding hydrogens is 508 g/mol. The van der Waals surface area contributed by atoms with Crippen LogP contribution >= 0.6 is 0 Å². The number of carboxylic acid groups (broad SMARTS) is 1. The van der Waals surface area contributed by atoms with Gasteiger partial charge in [0.2, 0.25) is 12.2 Å². The molecule has 0 fully saturated rings. The minimum Gasteiger partial charge on any atom is -0.504 e. The van der Waals surface area contributed by atoms with Crippen LogP contribution in [-0.4, -0.2) is 101 Å². The second kappa shape index (κ2) is 11.2. The van der Waals surface area contributed by atoms with E-state index in [9.17, 15) is 65.1 Å². The van der Waals surface area contributed by atoms with Gasteiger partial charge in [0.1, 0.15) is 12.2 Å². The van der Waals surface area contributed by atoms with Crippen LogP contribution in [-0.2, 0) is 23.8 Å². The Morgan fingerprint density at radius 1 is 0.649 bits per heavy atom. The third-order valence-electron chi connectivity index (χ3n) is 4.73. The fraction of sp³-hybridized carbons (Fsp3) is 0.238. The zero-order chi connectivity index (χ0) is 28.2. The van der Waals surface area contributed by atoms with E-state index in [0.29, 0.717) is 24.3 Å². The van der Waals surface area contributed by atoms with Crippen LogP contribution in [0.1, 0.15) is 20.7 Å². The lowest BCUT2D eigenvalue weighted by atomic mass is 10.0. The smallest absolute Gasteiger partial charge is 0.350 e. The number of hydrogen-bond donors (Lipinski definition) is 9. The molecule has 4 atom stereocenters. The summed E-state index contributed by atoms with van der Waals surface area (Å²) in [7, 11) is 0.777. The molecule has 0 saturated heterocycles. The van der Waals surface area contributed by atoms with Gasteiger partial charge in [0.25, 0.3) is 0 Å². The van der Waals surface area contributed by atoms with Crippen molar-refractivity contribution in [2.75, 3.05) is 7.11 Å². The van der Waals surface area contributed by atoms with Gasteiger partial charge in [-0.3, -0.25) is 0 Å². The molecule has 0 amide bonds. The molecule has 0 aliphatic carbocycles. The molecule has 0 aliphatic heterocycles. The topological polar surface area (TPSA) is 278 Å². The third kappa shape index (κ3) is 6.19. The molecule has 0 bridgehead atoms. The van der Waals surface area contributed by atoms with Crippen molar-refractivity contribution in [1.29, 1.82) is 0 Å². The van der Waals surface area contributed by atoms with Gasteiger partial charge in [-0.1, -0.05) is 0 Å². The number of aliphatic carboxylic acids is 1. The van der Waals surface area contributed by atoms with E-state index in [1.807, 2.05) is 0 Å². The Morgan fingerprint density at radius 3 is 1.30 bits per heavy atom. The second-order valence-electron chi connectivity index (χ2n) is 7.22. The van der Waals surface area contributed by atoms with E-state index in [-0.39, 0.29) is 0 Å². The maximum atomic E-state index is 12.4. The van der Waals surface area contributed by atoms with Gasteiger partial charge in [0.05, 0.1) is 18.2 Å². The first-order chi connectivity index (χ1) is 17.2. The highest BCUT2D eigenvalue weighted by atomic mass is 16.6. The number of carbonyl (C=O) groups is 4. The van der Waals surface area contributed by atoms with Gasteiger partial charge < -0.3 is 60.2 Å². The molecule has 2 rings (SSSR count). The Hall–Kier alpha value is -4.96. The predicted molar refractivity (Wildman–Crippen MR) is 113 cm³/mol. The number of ether oxygens (including phenoxy) is 3. The number of hydrogen-bond acceptors (Lipinski definition) is 15. The molecule has 200 valence electrons. The zero-order valence-electron chi connectivity index (χ0n) is 18.5. The van der Waals surface area contributed by atoms with E-state index >= 15 is 0 Å². The van der Waals surface area contributed by atoms with Crippen LogP contribution in [0, 0.1) is 0 Å². The quantitative estimate of drug-likeness (QED) is 0.103. The molecule has 0 aliphatic rings. The highest BCUT2D eigenvalue weighted by molar-refractivity contribution is 5.94. The van der Waals surface area contributed by atoms with E-state index in [1.54, 1.807) is 0 Å². The van der Waals surface area contributed by atoms with Gasteiger partial charge in [-0.2, -0.15) is 0 Å². The number of phenolic OH excluding ortho intramolecular Hbond substituents is 6. The van der Waals surface area contributed by atoms with E-state index in [1.165, 1.54) is 0 Å². The number of aliphatic hydroxyl groups is 2. The van der Waals surface area contributed by atoms with Crippen LogP contribution in [0.5, 0.6) is 34.5 Å². The van der Waals surface area contributed by atoms with Crippen LogP contribution in [0.15, 0.2) is 24.3 Å². The molecule has 2 aromatic carbocycles. The zero-order valence-corrected chi connectivity index (χ0v) is 18.5. The molecule has 37 heavy (non-hydrogen) atoms. The van der Waals surface area contributed by atoms with Crippen molar-refractivity contribution >= 4 is 23.9 Å². The Balaban J connectivity index is 2.31. The summed E-state index contributed by atoms with van der Waals surface area (Å²) in [5.41, 5.74) is -1.35. The molecule has 0 radical (unpaired) electrons. The summed E-state index contributed by atoms with van der Waals surface area (Å²) < 4.78 is 13.7. The third-order valence-corrected chi connectivity index (χ3v) is 4.73. The van der Waals surface area contributed by atoms with Crippen molar-refractivity contribution in [2.24, 2.45) is 0 Å². The first kappa shape index (κ1) is 28.3. The normalized spacial score (nSPS) is 14.0. The van der Waals surface area contributed by atoms with Crippen molar-refractivity contribution in [3.63, 3.8) is 0 Å². The number of aliphatic hydroxyl groups excluding tert-OH is 2. The standard InChI is InChI=1S/C21H20O16/c1-35-21(34)17(37-20(33)7-4-10(24)13(27)11(25)5-7)15(29)14(28)16(18(30)31)36-19(32)6-2-8(22)12(26)9(23)3-6/h2-5,14-17,22-29H,1H3,(H,30,31)/t14-,15+,16+,17-/m0/s1. The van der Waals surface area contributed by atoms with E-state index in [4.69, 9.17) is 4.74 Å². The average molecular weight is 528 g/mol. The van der Waals surface area contributed by atoms with Crippen LogP contribution in [0.4, 0.5) is 0 Å². The molecule has 9 N–H and O–H groups in total. The Labute approximate surface area is 205 Å². The summed E-state index contributed by atoms with van der Waals surface area (Å²) in [4.78, 5) is 48.4. The number of benzene rings is 2. The summed E-state index contributed by atoms with van der Waals surface area (Å²) >= 11 is 0. The second-order valence-corrected chi connectivity index (χ2v) is 7.22. The van der Waals surface area contributed by atoms with Crippen molar-refractivity contribution < 1.29 is 79.3 Å². The van der Waals surface area contributed by atoms with Crippen molar-refractivity contribution in [3.05, 3.63) is 35.4 Å². The number of carboxylic acids is 1. The first-order valence-electron chi connectivity index (χ1n) is 9.78. The van der Waals surface area contributed by atoms with Gasteiger partial charge in [-0.15, -0.1) is 0 Å². The SMILES string of the molecule is COC(=O)[C@@H](OC(=O)c1cc(O)c(O)c(O)c1)[C@H](O)[C@H](O)[C@@H](OC(=O)c1cc(O)c(O)c(O)c1)C(=O)O. The summed E-state index contributed by atoms with van der Waals surface area (Å²) in [5, 5.41) is 86.9. The maximum Gasteiger partial charge on any atom is 0.350 e. The Kier molecular flexibility index (Phi) is 8.55. The number of aromatic hydroxyl groups is 6. The fourth-order valence-corrected chi connectivity index (χ4v) is 2.81. The van der Waals surface area contributed by atoms with Crippen LogP contribution < -0.4 is 0 Å². The van der Waals surface area contributed by atoms with Crippen LogP contribution in [0.3, 0.4) is 0 Å². The van der Waals surface area contributed by atoms with Crippen LogP contribution in [0.2, 0.25) is 0 Å². The number of carbonyl (C=O) groups excluding carboxylic acids is 3. The fourth-order valence-electron chi connectivity index (χ4n) is 2.81. The Bertz CT molecular complexity index is 1180. The maximum absolute atomic E-state index is 12.4. The minimum absolute atomic E-state index is 0.584. The monoisotopic (exact) mass is 528 g/mol. The average Bonchev–Trinajstić information content (AvgIpc) is 2.84. The lowest BCUT2D eigenvalue weighted by Gasteiger charge is -2.28. The Morgan fingerprint density at radius 2 is 0.973 bits per heavy atom. The van der Waals surface area contributed by atoms with E-state index in [0.717, 1.165) is 7.11 Å². The van der Waals surface area contributed by atoms with Gasteiger partial charge in [-0.25, -0.2) is 19.2 Å². The molecule has 0 aromatic heterocycles. The van der Waals surface area contributed by atoms with Crippen molar-refractivity contribution in [3.8, 4) is 34.5 Å². The minimum atomic E-state index is -2.67. The van der Waals surface area contributed by atoms with Crippen LogP contribution in [0.25, 0.3) is 0 Å². The molecule has 16 nitrogen and oxygen atoms in total.